The van der Waals surface area contributed by atoms with Crippen molar-refractivity contribution >= 4 is 16.7 Å². The molecule has 1 aliphatic heterocycles. The summed E-state index contributed by atoms with van der Waals surface area (Å²) >= 11 is 0. The van der Waals surface area contributed by atoms with Gasteiger partial charge in [-0.25, -0.2) is 4.98 Å². The highest BCUT2D eigenvalue weighted by Crippen LogP contribution is 2.62. The molecular formula is C24H34N4O. The number of nitrogens with two attached hydrogens (primary N) is 2. The molecule has 3 aliphatic rings. The van der Waals surface area contributed by atoms with Gasteiger partial charge in [0.1, 0.15) is 5.82 Å². The van der Waals surface area contributed by atoms with E-state index >= 15 is 0 Å². The van der Waals surface area contributed by atoms with Gasteiger partial charge in [0.05, 0.1) is 16.7 Å². The van der Waals surface area contributed by atoms with Crippen LogP contribution in [-0.2, 0) is 10.3 Å². The highest BCUT2D eigenvalue weighted by molar-refractivity contribution is 5.81. The molecule has 0 unspecified atom stereocenters. The maximum Gasteiger partial charge on any atom is 0.129 e. The highest BCUT2D eigenvalue weighted by Gasteiger charge is 2.58. The molecule has 1 aromatic heterocycles. The molecule has 29 heavy (non-hydrogen) atoms. The minimum absolute atomic E-state index is 0.196. The lowest BCUT2D eigenvalue weighted by molar-refractivity contribution is -0.133. The molecule has 2 aliphatic carbocycles. The number of rotatable bonds is 2. The number of fused-ring (bicyclic) bond motifs is 1. The normalized spacial score (nSPS) is 35.4. The standard InChI is InChI=1S/C24H34N4O/c1-21(2)14-28(15-22(3,4)29-21)20-8-5-16-9-17(6-7-19(16)27-20)24(26)12-23(13-24)10-18(25)11-23/h5-9,18H,10-15,25-26H2,1-4H3. The largest absolute Gasteiger partial charge is 0.366 e. The van der Waals surface area contributed by atoms with Crippen LogP contribution < -0.4 is 16.4 Å². The van der Waals surface area contributed by atoms with Crippen molar-refractivity contribution < 1.29 is 4.74 Å². The molecule has 0 radical (unpaired) electrons. The summed E-state index contributed by atoms with van der Waals surface area (Å²) in [7, 11) is 0. The average Bonchev–Trinajstić information content (AvgIpc) is 2.55. The van der Waals surface area contributed by atoms with E-state index in [2.05, 4.69) is 62.9 Å². The van der Waals surface area contributed by atoms with Gasteiger partial charge in [0, 0.05) is 30.1 Å². The van der Waals surface area contributed by atoms with Crippen LogP contribution >= 0.6 is 0 Å². The van der Waals surface area contributed by atoms with Crippen molar-refractivity contribution in [3.05, 3.63) is 35.9 Å². The Morgan fingerprint density at radius 2 is 1.66 bits per heavy atom. The SMILES string of the molecule is CC1(C)CN(c2ccc3cc(C4(N)CC5(CC(N)C5)C4)ccc3n2)CC(C)(C)O1. The zero-order chi connectivity index (χ0) is 20.7. The fourth-order valence-corrected chi connectivity index (χ4v) is 6.38. The van der Waals surface area contributed by atoms with Gasteiger partial charge in [0.25, 0.3) is 0 Å². The number of hydrogen-bond donors (Lipinski definition) is 2. The van der Waals surface area contributed by atoms with E-state index in [9.17, 15) is 0 Å². The fraction of sp³-hybridized carbons (Fsp3) is 0.625. The number of hydrogen-bond acceptors (Lipinski definition) is 5. The van der Waals surface area contributed by atoms with Crippen molar-refractivity contribution in [2.24, 2.45) is 16.9 Å². The number of morpholine rings is 1. The smallest absolute Gasteiger partial charge is 0.129 e. The summed E-state index contributed by atoms with van der Waals surface area (Å²) in [5.41, 5.74) is 14.9. The second kappa shape index (κ2) is 5.93. The molecule has 2 saturated carbocycles. The van der Waals surface area contributed by atoms with E-state index in [1.807, 2.05) is 0 Å². The van der Waals surface area contributed by atoms with Crippen molar-refractivity contribution in [2.45, 2.75) is 76.2 Å². The van der Waals surface area contributed by atoms with Gasteiger partial charge in [-0.1, -0.05) is 6.07 Å². The Bertz CT molecular complexity index is 937. The third-order valence-corrected chi connectivity index (χ3v) is 7.04. The first kappa shape index (κ1) is 19.3. The van der Waals surface area contributed by atoms with Crippen LogP contribution in [0.1, 0.15) is 58.9 Å². The lowest BCUT2D eigenvalue weighted by Crippen LogP contribution is -2.63. The molecule has 0 bridgehead atoms. The molecule has 3 fully saturated rings. The second-order valence-corrected chi connectivity index (χ2v) is 11.2. The fourth-order valence-electron chi connectivity index (χ4n) is 6.38. The Kier molecular flexibility index (Phi) is 3.94. The number of benzene rings is 1. The predicted octanol–water partition coefficient (Wildman–Crippen LogP) is 3.68. The van der Waals surface area contributed by atoms with E-state index < -0.39 is 0 Å². The summed E-state index contributed by atoms with van der Waals surface area (Å²) < 4.78 is 6.22. The highest BCUT2D eigenvalue weighted by atomic mass is 16.5. The predicted molar refractivity (Wildman–Crippen MR) is 118 cm³/mol. The van der Waals surface area contributed by atoms with Crippen LogP contribution in [0.5, 0.6) is 0 Å². The van der Waals surface area contributed by atoms with Gasteiger partial charge in [-0.05, 0) is 88.6 Å². The molecule has 5 nitrogen and oxygen atoms in total. The molecule has 5 rings (SSSR count). The monoisotopic (exact) mass is 394 g/mol. The third-order valence-electron chi connectivity index (χ3n) is 7.04. The van der Waals surface area contributed by atoms with Crippen molar-refractivity contribution in [3.63, 3.8) is 0 Å². The van der Waals surface area contributed by atoms with Crippen molar-refractivity contribution in [1.29, 1.82) is 0 Å². The maximum absolute atomic E-state index is 6.77. The van der Waals surface area contributed by atoms with E-state index in [-0.39, 0.29) is 16.7 Å². The van der Waals surface area contributed by atoms with Crippen LogP contribution in [-0.4, -0.2) is 35.3 Å². The molecule has 1 aromatic carbocycles. The summed E-state index contributed by atoms with van der Waals surface area (Å²) in [6.07, 6.45) is 4.39. The van der Waals surface area contributed by atoms with Crippen LogP contribution in [0.25, 0.3) is 10.9 Å². The Balaban J connectivity index is 1.39. The van der Waals surface area contributed by atoms with Gasteiger partial charge in [0.15, 0.2) is 0 Å². The van der Waals surface area contributed by atoms with E-state index in [0.717, 1.165) is 55.5 Å². The first-order chi connectivity index (χ1) is 13.5. The summed E-state index contributed by atoms with van der Waals surface area (Å²) in [6, 6.07) is 11.3. The summed E-state index contributed by atoms with van der Waals surface area (Å²) in [5, 5.41) is 1.16. The second-order valence-electron chi connectivity index (χ2n) is 11.2. The minimum Gasteiger partial charge on any atom is -0.366 e. The quantitative estimate of drug-likeness (QED) is 0.812. The van der Waals surface area contributed by atoms with Crippen LogP contribution in [0.4, 0.5) is 5.82 Å². The van der Waals surface area contributed by atoms with E-state index in [1.165, 1.54) is 5.56 Å². The van der Waals surface area contributed by atoms with Crippen molar-refractivity contribution in [3.8, 4) is 0 Å². The molecule has 5 heteroatoms. The molecule has 4 N–H and O–H groups in total. The van der Waals surface area contributed by atoms with E-state index in [1.54, 1.807) is 0 Å². The first-order valence-electron chi connectivity index (χ1n) is 10.9. The Labute approximate surface area is 173 Å². The minimum atomic E-state index is -0.203. The summed E-state index contributed by atoms with van der Waals surface area (Å²) in [4.78, 5) is 7.32. The molecule has 2 heterocycles. The van der Waals surface area contributed by atoms with Crippen molar-refractivity contribution in [2.75, 3.05) is 18.0 Å². The zero-order valence-electron chi connectivity index (χ0n) is 18.2. The summed E-state index contributed by atoms with van der Waals surface area (Å²) in [5.74, 6) is 1.02. The molecular weight excluding hydrogens is 360 g/mol. The van der Waals surface area contributed by atoms with Crippen LogP contribution in [0, 0.1) is 5.41 Å². The van der Waals surface area contributed by atoms with Crippen LogP contribution in [0.2, 0.25) is 0 Å². The third kappa shape index (κ3) is 3.33. The molecule has 1 saturated heterocycles. The van der Waals surface area contributed by atoms with Crippen LogP contribution in [0.15, 0.2) is 30.3 Å². The number of nitrogens with zero attached hydrogens (tertiary/aromatic N) is 2. The molecule has 156 valence electrons. The molecule has 2 aromatic rings. The molecule has 1 spiro atoms. The topological polar surface area (TPSA) is 77.4 Å². The Hall–Kier alpha value is -1.69. The average molecular weight is 395 g/mol. The lowest BCUT2D eigenvalue weighted by Gasteiger charge is -2.62. The van der Waals surface area contributed by atoms with Gasteiger partial charge < -0.3 is 21.1 Å². The molecule has 0 atom stereocenters. The summed E-state index contributed by atoms with van der Waals surface area (Å²) in [6.45, 7) is 10.3. The Morgan fingerprint density at radius 1 is 1.00 bits per heavy atom. The van der Waals surface area contributed by atoms with Gasteiger partial charge in [-0.15, -0.1) is 0 Å². The van der Waals surface area contributed by atoms with Gasteiger partial charge >= 0.3 is 0 Å². The number of aromatic nitrogens is 1. The number of anilines is 1. The first-order valence-corrected chi connectivity index (χ1v) is 10.9. The van der Waals surface area contributed by atoms with Gasteiger partial charge in [-0.3, -0.25) is 0 Å². The maximum atomic E-state index is 6.77. The van der Waals surface area contributed by atoms with Crippen LogP contribution in [0.3, 0.4) is 0 Å². The van der Waals surface area contributed by atoms with Crippen molar-refractivity contribution in [1.82, 2.24) is 4.98 Å². The molecule has 0 amide bonds. The van der Waals surface area contributed by atoms with Gasteiger partial charge in [0.2, 0.25) is 0 Å². The number of pyridine rings is 1. The van der Waals surface area contributed by atoms with E-state index in [4.69, 9.17) is 21.2 Å². The lowest BCUT2D eigenvalue weighted by atomic mass is 9.46. The zero-order valence-corrected chi connectivity index (χ0v) is 18.2. The Morgan fingerprint density at radius 3 is 2.28 bits per heavy atom. The van der Waals surface area contributed by atoms with Gasteiger partial charge in [-0.2, -0.15) is 0 Å². The number of ether oxygens (including phenoxy) is 1. The van der Waals surface area contributed by atoms with E-state index in [0.29, 0.717) is 11.5 Å².